The van der Waals surface area contributed by atoms with Gasteiger partial charge in [0.2, 0.25) is 10.0 Å². The average molecular weight is 244 g/mol. The summed E-state index contributed by atoms with van der Waals surface area (Å²) in [7, 11) is -3.20. The zero-order valence-corrected chi connectivity index (χ0v) is 9.76. The van der Waals surface area contributed by atoms with Crippen molar-refractivity contribution in [1.82, 2.24) is 20.0 Å². The largest absolute Gasteiger partial charge is 0.347 e. The van der Waals surface area contributed by atoms with Crippen LogP contribution >= 0.6 is 0 Å². The Balaban J connectivity index is 1.82. The maximum atomic E-state index is 11.7. The molecule has 0 aliphatic carbocycles. The zero-order valence-electron chi connectivity index (χ0n) is 8.94. The molecular formula is C9H16N4O2S. The Hall–Kier alpha value is -0.920. The number of nitrogens with one attached hydrogen (secondary N) is 3. The number of hydrogen-bond acceptors (Lipinski definition) is 4. The number of sulfonamides is 1. The molecule has 0 amide bonds. The molecule has 1 unspecified atom stereocenters. The van der Waals surface area contributed by atoms with Crippen molar-refractivity contribution >= 4 is 10.0 Å². The van der Waals surface area contributed by atoms with Crippen molar-refractivity contribution < 1.29 is 8.42 Å². The van der Waals surface area contributed by atoms with Gasteiger partial charge in [0.15, 0.2) is 0 Å². The molecule has 0 bridgehead atoms. The summed E-state index contributed by atoms with van der Waals surface area (Å²) in [5.74, 6) is 0.154. The molecule has 0 saturated carbocycles. The van der Waals surface area contributed by atoms with Crippen LogP contribution in [0.3, 0.4) is 0 Å². The first-order chi connectivity index (χ1) is 7.66. The monoisotopic (exact) mass is 244 g/mol. The third-order valence-electron chi connectivity index (χ3n) is 2.62. The van der Waals surface area contributed by atoms with Crippen LogP contribution in [0.5, 0.6) is 0 Å². The van der Waals surface area contributed by atoms with Gasteiger partial charge in [-0.25, -0.2) is 18.1 Å². The van der Waals surface area contributed by atoms with Crippen molar-refractivity contribution in [2.75, 3.05) is 12.3 Å². The van der Waals surface area contributed by atoms with Crippen molar-refractivity contribution in [3.63, 3.8) is 0 Å². The summed E-state index contributed by atoms with van der Waals surface area (Å²) < 4.78 is 25.9. The van der Waals surface area contributed by atoms with Crippen molar-refractivity contribution in [3.05, 3.63) is 18.2 Å². The molecule has 0 spiro atoms. The van der Waals surface area contributed by atoms with E-state index in [1.807, 2.05) is 0 Å². The van der Waals surface area contributed by atoms with Gasteiger partial charge in [0.25, 0.3) is 0 Å². The Bertz CT molecular complexity index is 409. The molecule has 1 aliphatic heterocycles. The Morgan fingerprint density at radius 3 is 3.06 bits per heavy atom. The van der Waals surface area contributed by atoms with Gasteiger partial charge in [-0.1, -0.05) is 0 Å². The Morgan fingerprint density at radius 2 is 2.44 bits per heavy atom. The van der Waals surface area contributed by atoms with Crippen LogP contribution in [-0.2, 0) is 16.6 Å². The molecule has 90 valence electrons. The average Bonchev–Trinajstić information content (AvgIpc) is 2.85. The molecule has 2 heterocycles. The molecule has 1 aromatic rings. The van der Waals surface area contributed by atoms with Crippen LogP contribution in [0, 0.1) is 0 Å². The number of hydrogen-bond donors (Lipinski definition) is 3. The maximum absolute atomic E-state index is 11.7. The van der Waals surface area contributed by atoms with E-state index in [1.165, 1.54) is 6.33 Å². The van der Waals surface area contributed by atoms with E-state index in [0.29, 0.717) is 0 Å². The lowest BCUT2D eigenvalue weighted by Crippen LogP contribution is -2.36. The fraction of sp³-hybridized carbons (Fsp3) is 0.667. The molecule has 16 heavy (non-hydrogen) atoms. The van der Waals surface area contributed by atoms with Gasteiger partial charge in [-0.15, -0.1) is 0 Å². The van der Waals surface area contributed by atoms with Crippen molar-refractivity contribution in [3.8, 4) is 0 Å². The predicted molar refractivity (Wildman–Crippen MR) is 60.2 cm³/mol. The molecule has 3 N–H and O–H groups in total. The SMILES string of the molecule is O=S(=O)(CC1CCCN1)NCc1cnc[nH]1. The van der Waals surface area contributed by atoms with Gasteiger partial charge in [-0.05, 0) is 19.4 Å². The summed E-state index contributed by atoms with van der Waals surface area (Å²) in [5, 5.41) is 3.17. The van der Waals surface area contributed by atoms with E-state index < -0.39 is 10.0 Å². The molecule has 1 atom stereocenters. The summed E-state index contributed by atoms with van der Waals surface area (Å²) in [6, 6.07) is 0.0965. The number of rotatable bonds is 5. The van der Waals surface area contributed by atoms with Gasteiger partial charge < -0.3 is 10.3 Å². The first-order valence-corrected chi connectivity index (χ1v) is 6.99. The van der Waals surface area contributed by atoms with Gasteiger partial charge in [-0.3, -0.25) is 0 Å². The first kappa shape index (κ1) is 11.6. The molecule has 1 aliphatic rings. The highest BCUT2D eigenvalue weighted by Gasteiger charge is 2.21. The van der Waals surface area contributed by atoms with Gasteiger partial charge in [0.05, 0.1) is 18.6 Å². The van der Waals surface area contributed by atoms with E-state index in [-0.39, 0.29) is 18.3 Å². The van der Waals surface area contributed by atoms with E-state index in [0.717, 1.165) is 25.1 Å². The lowest BCUT2D eigenvalue weighted by molar-refractivity contribution is 0.563. The molecule has 1 saturated heterocycles. The summed E-state index contributed by atoms with van der Waals surface area (Å²) in [6.07, 6.45) is 5.13. The highest BCUT2D eigenvalue weighted by atomic mass is 32.2. The number of H-pyrrole nitrogens is 1. The van der Waals surface area contributed by atoms with E-state index in [1.54, 1.807) is 6.20 Å². The minimum absolute atomic E-state index is 0.0965. The van der Waals surface area contributed by atoms with E-state index in [9.17, 15) is 8.42 Å². The molecule has 1 aromatic heterocycles. The van der Waals surface area contributed by atoms with E-state index >= 15 is 0 Å². The second kappa shape index (κ2) is 4.94. The van der Waals surface area contributed by atoms with Crippen LogP contribution in [0.1, 0.15) is 18.5 Å². The van der Waals surface area contributed by atoms with Crippen LogP contribution in [0.2, 0.25) is 0 Å². The van der Waals surface area contributed by atoms with Crippen molar-refractivity contribution in [2.45, 2.75) is 25.4 Å². The van der Waals surface area contributed by atoms with Crippen LogP contribution in [-0.4, -0.2) is 36.7 Å². The Kier molecular flexibility index (Phi) is 3.57. The quantitative estimate of drug-likeness (QED) is 0.656. The number of aromatic nitrogens is 2. The molecule has 6 nitrogen and oxygen atoms in total. The molecule has 2 rings (SSSR count). The van der Waals surface area contributed by atoms with Gasteiger partial charge >= 0.3 is 0 Å². The van der Waals surface area contributed by atoms with Crippen LogP contribution in [0.4, 0.5) is 0 Å². The standard InChI is InChI=1S/C9H16N4O2S/c14-16(15,6-8-2-1-3-11-8)13-5-9-4-10-7-12-9/h4,7-8,11,13H,1-3,5-6H2,(H,10,12). The number of nitrogens with zero attached hydrogens (tertiary/aromatic N) is 1. The predicted octanol–water partition coefficient (Wildman–Crippen LogP) is -0.419. The fourth-order valence-electron chi connectivity index (χ4n) is 1.79. The van der Waals surface area contributed by atoms with Gasteiger partial charge in [-0.2, -0.15) is 0 Å². The minimum Gasteiger partial charge on any atom is -0.347 e. The summed E-state index contributed by atoms with van der Waals surface area (Å²) in [5.41, 5.74) is 0.767. The highest BCUT2D eigenvalue weighted by Crippen LogP contribution is 2.07. The first-order valence-electron chi connectivity index (χ1n) is 5.34. The molecule has 1 fully saturated rings. The summed E-state index contributed by atoms with van der Waals surface area (Å²) in [6.45, 7) is 1.19. The normalized spacial score (nSPS) is 21.4. The van der Waals surface area contributed by atoms with Crippen LogP contribution < -0.4 is 10.0 Å². The van der Waals surface area contributed by atoms with E-state index in [4.69, 9.17) is 0 Å². The second-order valence-electron chi connectivity index (χ2n) is 3.97. The van der Waals surface area contributed by atoms with Crippen LogP contribution in [0.15, 0.2) is 12.5 Å². The third-order valence-corrected chi connectivity index (χ3v) is 4.05. The lowest BCUT2D eigenvalue weighted by atomic mass is 10.3. The molecule has 7 heteroatoms. The van der Waals surface area contributed by atoms with Crippen LogP contribution in [0.25, 0.3) is 0 Å². The Labute approximate surface area is 94.9 Å². The Morgan fingerprint density at radius 1 is 1.56 bits per heavy atom. The van der Waals surface area contributed by atoms with Gasteiger partial charge in [0, 0.05) is 17.9 Å². The topological polar surface area (TPSA) is 86.9 Å². The lowest BCUT2D eigenvalue weighted by Gasteiger charge is -2.11. The van der Waals surface area contributed by atoms with Gasteiger partial charge in [0.1, 0.15) is 0 Å². The molecule has 0 aromatic carbocycles. The van der Waals surface area contributed by atoms with Crippen molar-refractivity contribution in [1.29, 1.82) is 0 Å². The second-order valence-corrected chi connectivity index (χ2v) is 5.82. The molecule has 0 radical (unpaired) electrons. The molecular weight excluding hydrogens is 228 g/mol. The highest BCUT2D eigenvalue weighted by molar-refractivity contribution is 7.89. The zero-order chi connectivity index (χ0) is 11.4. The maximum Gasteiger partial charge on any atom is 0.213 e. The number of imidazole rings is 1. The van der Waals surface area contributed by atoms with Crippen molar-refractivity contribution in [2.24, 2.45) is 0 Å². The third kappa shape index (κ3) is 3.29. The fourth-order valence-corrected chi connectivity index (χ4v) is 3.10. The van der Waals surface area contributed by atoms with E-state index in [2.05, 4.69) is 20.0 Å². The smallest absolute Gasteiger partial charge is 0.213 e. The minimum atomic E-state index is -3.20. The summed E-state index contributed by atoms with van der Waals surface area (Å²) in [4.78, 5) is 6.67. The summed E-state index contributed by atoms with van der Waals surface area (Å²) >= 11 is 0. The number of aromatic amines is 1.